The van der Waals surface area contributed by atoms with Crippen molar-refractivity contribution in [2.75, 3.05) is 0 Å². The Morgan fingerprint density at radius 1 is 0.692 bits per heavy atom. The number of hydrogen-bond acceptors (Lipinski definition) is 0. The van der Waals surface area contributed by atoms with Crippen molar-refractivity contribution in [3.8, 4) is 33.6 Å². The first kappa shape index (κ1) is 32.9. The summed E-state index contributed by atoms with van der Waals surface area (Å²) >= 11 is 0. The first-order valence-corrected chi connectivity index (χ1v) is 19.6. The van der Waals surface area contributed by atoms with E-state index < -0.39 is 0 Å². The summed E-state index contributed by atoms with van der Waals surface area (Å²) in [6.45, 7) is 16.0. The van der Waals surface area contributed by atoms with Crippen LogP contribution < -0.4 is 9.13 Å². The first-order chi connectivity index (χ1) is 25.3. The molecule has 2 aliphatic rings. The highest BCUT2D eigenvalue weighted by Gasteiger charge is 2.49. The zero-order chi connectivity index (χ0) is 35.7. The maximum Gasteiger partial charge on any atom is 0.213 e. The molecule has 260 valence electrons. The highest BCUT2D eigenvalue weighted by molar-refractivity contribution is 6.09. The molecular weight excluding hydrogens is 631 g/mol. The Balaban J connectivity index is 1.31. The van der Waals surface area contributed by atoms with Crippen LogP contribution in [0.25, 0.3) is 55.4 Å². The Morgan fingerprint density at radius 2 is 1.44 bits per heavy atom. The normalized spacial score (nSPS) is 17.4. The standard InChI is InChI=1S/C49H51N3/c1-7-49(8-2)28-42(36-18-12-13-19-37(36)48-25-34(6)43(31-52(48)49)35-16-10-9-11-17-35)44-30-50-23-22-33(5)24-46(50)41-26-40-38-20-14-15-21-45(38)51(29-32(3)4)47(40)27-39(41)44/h9-27,31-32,42,44H,7-8,28-30H2,1-6H3/q+2. The summed E-state index contributed by atoms with van der Waals surface area (Å²) in [7, 11) is 0. The molecule has 4 aromatic carbocycles. The number of hydrogen-bond donors (Lipinski definition) is 0. The molecule has 7 aromatic rings. The van der Waals surface area contributed by atoms with E-state index in [4.69, 9.17) is 0 Å². The maximum absolute atomic E-state index is 2.71. The molecule has 3 aromatic heterocycles. The molecule has 3 nitrogen and oxygen atoms in total. The summed E-state index contributed by atoms with van der Waals surface area (Å²) in [4.78, 5) is 0. The highest BCUT2D eigenvalue weighted by atomic mass is 15.1. The van der Waals surface area contributed by atoms with Gasteiger partial charge in [0, 0.05) is 82.9 Å². The summed E-state index contributed by atoms with van der Waals surface area (Å²) in [5, 5.41) is 2.72. The predicted octanol–water partition coefficient (Wildman–Crippen LogP) is 11.4. The van der Waals surface area contributed by atoms with Gasteiger partial charge < -0.3 is 4.57 Å². The zero-order valence-electron chi connectivity index (χ0n) is 31.7. The first-order valence-electron chi connectivity index (χ1n) is 19.6. The largest absolute Gasteiger partial charge is 0.340 e. The molecule has 0 saturated heterocycles. The molecule has 0 fully saturated rings. The van der Waals surface area contributed by atoms with Gasteiger partial charge >= 0.3 is 0 Å². The second-order valence-electron chi connectivity index (χ2n) is 16.1. The van der Waals surface area contributed by atoms with Crippen molar-refractivity contribution < 1.29 is 9.13 Å². The molecule has 9 rings (SSSR count). The second kappa shape index (κ2) is 12.6. The predicted molar refractivity (Wildman–Crippen MR) is 216 cm³/mol. The number of para-hydroxylation sites is 1. The van der Waals surface area contributed by atoms with E-state index in [0.29, 0.717) is 17.8 Å². The van der Waals surface area contributed by atoms with Gasteiger partial charge in [-0.25, -0.2) is 0 Å². The lowest BCUT2D eigenvalue weighted by Gasteiger charge is -2.35. The minimum absolute atomic E-state index is 0.0364. The third-order valence-corrected chi connectivity index (χ3v) is 12.7. The van der Waals surface area contributed by atoms with Gasteiger partial charge in [-0.1, -0.05) is 94.4 Å². The Hall–Kier alpha value is -5.02. The van der Waals surface area contributed by atoms with E-state index in [9.17, 15) is 0 Å². The summed E-state index contributed by atoms with van der Waals surface area (Å²) in [6, 6.07) is 41.8. The number of rotatable bonds is 6. The average molecular weight is 682 g/mol. The van der Waals surface area contributed by atoms with Crippen LogP contribution in [0.15, 0.2) is 122 Å². The number of aromatic nitrogens is 3. The van der Waals surface area contributed by atoms with Crippen molar-refractivity contribution >= 4 is 21.8 Å². The molecule has 0 N–H and O–H groups in total. The molecule has 0 radical (unpaired) electrons. The van der Waals surface area contributed by atoms with Crippen LogP contribution in [-0.4, -0.2) is 4.57 Å². The van der Waals surface area contributed by atoms with Crippen LogP contribution >= 0.6 is 0 Å². The minimum atomic E-state index is -0.0364. The number of benzene rings is 4. The monoisotopic (exact) mass is 681 g/mol. The van der Waals surface area contributed by atoms with Gasteiger partial charge in [-0.15, -0.1) is 0 Å². The van der Waals surface area contributed by atoms with Crippen LogP contribution in [0.1, 0.15) is 81.0 Å². The van der Waals surface area contributed by atoms with Crippen LogP contribution in [-0.2, 0) is 18.6 Å². The fraction of sp³-hybridized carbons (Fsp3) is 0.306. The summed E-state index contributed by atoms with van der Waals surface area (Å²) < 4.78 is 7.87. The Kier molecular flexibility index (Phi) is 7.95. The Morgan fingerprint density at radius 3 is 2.23 bits per heavy atom. The lowest BCUT2D eigenvalue weighted by atomic mass is 9.70. The van der Waals surface area contributed by atoms with Crippen LogP contribution in [0.5, 0.6) is 0 Å². The van der Waals surface area contributed by atoms with Gasteiger partial charge in [-0.2, -0.15) is 9.13 Å². The molecule has 2 atom stereocenters. The lowest BCUT2D eigenvalue weighted by molar-refractivity contribution is -0.757. The third kappa shape index (κ3) is 5.07. The number of fused-ring (bicyclic) bond motifs is 9. The van der Waals surface area contributed by atoms with Crippen molar-refractivity contribution in [3.63, 3.8) is 0 Å². The molecule has 2 aliphatic heterocycles. The van der Waals surface area contributed by atoms with Crippen molar-refractivity contribution in [2.24, 2.45) is 5.92 Å². The van der Waals surface area contributed by atoms with Crippen molar-refractivity contribution in [1.29, 1.82) is 0 Å². The number of pyridine rings is 2. The van der Waals surface area contributed by atoms with Crippen molar-refractivity contribution in [3.05, 3.63) is 144 Å². The Bertz CT molecular complexity index is 2480. The quantitative estimate of drug-likeness (QED) is 0.155. The van der Waals surface area contributed by atoms with E-state index in [1.165, 1.54) is 77.7 Å². The molecule has 0 spiro atoms. The molecular formula is C49H51N3+2. The molecule has 5 heterocycles. The smallest absolute Gasteiger partial charge is 0.213 e. The highest BCUT2D eigenvalue weighted by Crippen LogP contribution is 2.51. The number of nitrogens with zero attached hydrogens (tertiary/aromatic N) is 3. The van der Waals surface area contributed by atoms with E-state index >= 15 is 0 Å². The van der Waals surface area contributed by atoms with Gasteiger partial charge in [-0.05, 0) is 71.8 Å². The van der Waals surface area contributed by atoms with Gasteiger partial charge in [0.2, 0.25) is 11.4 Å². The second-order valence-corrected chi connectivity index (χ2v) is 16.1. The fourth-order valence-electron chi connectivity index (χ4n) is 9.96. The van der Waals surface area contributed by atoms with Crippen molar-refractivity contribution in [1.82, 2.24) is 4.57 Å². The van der Waals surface area contributed by atoms with Gasteiger partial charge in [0.05, 0.1) is 11.5 Å². The summed E-state index contributed by atoms with van der Waals surface area (Å²) in [5.41, 5.74) is 16.4. The maximum atomic E-state index is 2.71. The van der Waals surface area contributed by atoms with E-state index in [0.717, 1.165) is 32.4 Å². The van der Waals surface area contributed by atoms with E-state index in [2.05, 4.69) is 177 Å². The fourth-order valence-corrected chi connectivity index (χ4v) is 9.96. The van der Waals surface area contributed by atoms with Crippen molar-refractivity contribution in [2.45, 2.75) is 91.3 Å². The topological polar surface area (TPSA) is 12.7 Å². The number of aryl methyl sites for hydroxylation is 2. The molecule has 3 heteroatoms. The molecule has 0 aliphatic carbocycles. The van der Waals surface area contributed by atoms with Crippen LogP contribution in [0, 0.1) is 19.8 Å². The summed E-state index contributed by atoms with van der Waals surface area (Å²) in [5.74, 6) is 1.19. The lowest BCUT2D eigenvalue weighted by Crippen LogP contribution is -2.57. The molecule has 52 heavy (non-hydrogen) atoms. The third-order valence-electron chi connectivity index (χ3n) is 12.7. The zero-order valence-corrected chi connectivity index (χ0v) is 31.7. The molecule has 0 bridgehead atoms. The van der Waals surface area contributed by atoms with Crippen LogP contribution in [0.3, 0.4) is 0 Å². The molecule has 0 amide bonds. The molecule has 0 saturated carbocycles. The van der Waals surface area contributed by atoms with Gasteiger partial charge in [0.15, 0.2) is 24.5 Å². The van der Waals surface area contributed by atoms with Gasteiger partial charge in [-0.3, -0.25) is 0 Å². The Labute approximate surface area is 309 Å². The summed E-state index contributed by atoms with van der Waals surface area (Å²) in [6.07, 6.45) is 8.09. The van der Waals surface area contributed by atoms with Gasteiger partial charge in [0.25, 0.3) is 0 Å². The average Bonchev–Trinajstić information content (AvgIpc) is 3.40. The van der Waals surface area contributed by atoms with E-state index in [-0.39, 0.29) is 5.54 Å². The van der Waals surface area contributed by atoms with E-state index in [1.54, 1.807) is 0 Å². The van der Waals surface area contributed by atoms with Crippen LogP contribution in [0.4, 0.5) is 0 Å². The minimum Gasteiger partial charge on any atom is -0.340 e. The van der Waals surface area contributed by atoms with Crippen LogP contribution in [0.2, 0.25) is 0 Å². The molecule has 2 unspecified atom stereocenters. The van der Waals surface area contributed by atoms with Gasteiger partial charge in [0.1, 0.15) is 0 Å². The SMILES string of the molecule is CCC1(CC)CC(C2C[n+]3ccc(C)cc3-c3cc4c5ccccc5n(CC(C)C)c4cc32)c2ccccc2-c2cc(C)c(-c3ccccc3)c[n+]21. The van der Waals surface area contributed by atoms with E-state index in [1.807, 2.05) is 0 Å².